The summed E-state index contributed by atoms with van der Waals surface area (Å²) in [6.07, 6.45) is 1.87. The first-order chi connectivity index (χ1) is 24.2. The van der Waals surface area contributed by atoms with Crippen molar-refractivity contribution in [2.24, 2.45) is 5.92 Å². The molecular formula is C39H46N4O7S. The molecule has 3 N–H and O–H groups in total. The number of nitrogens with zero attached hydrogens (tertiary/aromatic N) is 1. The van der Waals surface area contributed by atoms with Crippen LogP contribution in [0.2, 0.25) is 0 Å². The molecule has 4 atom stereocenters. The number of amides is 3. The first kappa shape index (κ1) is 37.4. The van der Waals surface area contributed by atoms with Gasteiger partial charge in [0.1, 0.15) is 11.7 Å². The Hall–Kier alpha value is -4.81. The van der Waals surface area contributed by atoms with Gasteiger partial charge in [-0.2, -0.15) is 0 Å². The van der Waals surface area contributed by atoms with E-state index in [1.807, 2.05) is 86.6 Å². The molecule has 2 unspecified atom stereocenters. The van der Waals surface area contributed by atoms with Crippen molar-refractivity contribution in [2.45, 2.75) is 82.2 Å². The lowest BCUT2D eigenvalue weighted by Crippen LogP contribution is -2.63. The number of alkyl carbamates (subject to hydrolysis) is 1. The van der Waals surface area contributed by atoms with Crippen molar-refractivity contribution in [1.82, 2.24) is 20.9 Å². The topological polar surface area (TPSA) is 156 Å². The number of aryl methyl sites for hydroxylation is 1. The van der Waals surface area contributed by atoms with Crippen LogP contribution in [-0.2, 0) is 30.5 Å². The number of epoxide rings is 1. The number of carbonyl (C=O) groups is 3. The molecule has 12 heteroatoms. The van der Waals surface area contributed by atoms with Crippen LogP contribution in [0.5, 0.6) is 0 Å². The molecule has 1 saturated heterocycles. The fraction of sp³-hybridized carbons (Fsp3) is 0.385. The number of nitrogens with one attached hydrogen (secondary N) is 3. The van der Waals surface area contributed by atoms with Gasteiger partial charge in [0.15, 0.2) is 15.9 Å². The normalized spacial score (nSPS) is 18.4. The van der Waals surface area contributed by atoms with Crippen molar-refractivity contribution >= 4 is 38.6 Å². The Morgan fingerprint density at radius 3 is 2.22 bits per heavy atom. The second-order valence-corrected chi connectivity index (χ2v) is 16.5. The minimum absolute atomic E-state index is 0.000270. The number of aromatic nitrogens is 1. The number of fused-ring (bicyclic) bond motifs is 1. The van der Waals surface area contributed by atoms with Crippen LogP contribution in [0.3, 0.4) is 0 Å². The second kappa shape index (κ2) is 15.6. The molecule has 3 aromatic carbocycles. The number of carbonyl (C=O) groups excluding carboxylic acids is 3. The summed E-state index contributed by atoms with van der Waals surface area (Å²) in [5, 5.41) is 9.00. The first-order valence-electron chi connectivity index (χ1n) is 17.1. The molecule has 51 heavy (non-hydrogen) atoms. The maximum atomic E-state index is 14.2. The predicted octanol–water partition coefficient (Wildman–Crippen LogP) is 5.86. The van der Waals surface area contributed by atoms with Crippen LogP contribution in [0.1, 0.15) is 74.6 Å². The van der Waals surface area contributed by atoms with Gasteiger partial charge in [0.25, 0.3) is 5.91 Å². The quantitative estimate of drug-likeness (QED) is 0.102. The molecule has 3 amide bonds. The molecular weight excluding hydrogens is 669 g/mol. The van der Waals surface area contributed by atoms with Crippen molar-refractivity contribution in [3.63, 3.8) is 0 Å². The maximum Gasteiger partial charge on any atom is 0.411 e. The summed E-state index contributed by atoms with van der Waals surface area (Å²) in [6.45, 7) is 6.79. The molecule has 5 rings (SSSR count). The van der Waals surface area contributed by atoms with E-state index in [-0.39, 0.29) is 17.7 Å². The molecule has 1 aliphatic heterocycles. The fourth-order valence-corrected chi connectivity index (χ4v) is 6.54. The van der Waals surface area contributed by atoms with Gasteiger partial charge >= 0.3 is 12.0 Å². The summed E-state index contributed by atoms with van der Waals surface area (Å²) in [6, 6.07) is 27.8. The average Bonchev–Trinajstić information content (AvgIpc) is 3.76. The van der Waals surface area contributed by atoms with E-state index in [4.69, 9.17) is 9.47 Å². The summed E-state index contributed by atoms with van der Waals surface area (Å²) in [5.74, 6) is -3.30. The van der Waals surface area contributed by atoms with Crippen LogP contribution >= 0.6 is 0 Å². The highest BCUT2D eigenvalue weighted by Crippen LogP contribution is 2.40. The Bertz CT molecular complexity index is 1950. The Kier molecular flexibility index (Phi) is 11.5. The molecule has 2 heterocycles. The van der Waals surface area contributed by atoms with Crippen molar-refractivity contribution in [1.29, 1.82) is 0 Å². The number of hydrogen-bond donors (Lipinski definition) is 3. The molecule has 4 aromatic rings. The Labute approximate surface area is 299 Å². The van der Waals surface area contributed by atoms with Gasteiger partial charge < -0.3 is 20.1 Å². The summed E-state index contributed by atoms with van der Waals surface area (Å²) in [7, 11) is -3.94. The lowest BCUT2D eigenvalue weighted by Gasteiger charge is -2.33. The van der Waals surface area contributed by atoms with Crippen molar-refractivity contribution < 1.29 is 32.3 Å². The molecule has 1 aromatic heterocycles. The number of hydrogen-bond acceptors (Lipinski definition) is 8. The van der Waals surface area contributed by atoms with Crippen LogP contribution in [0.15, 0.2) is 97.1 Å². The van der Waals surface area contributed by atoms with E-state index in [1.165, 1.54) is 19.9 Å². The van der Waals surface area contributed by atoms with Gasteiger partial charge in [-0.05, 0) is 68.7 Å². The van der Waals surface area contributed by atoms with Crippen molar-refractivity contribution in [3.05, 3.63) is 114 Å². The van der Waals surface area contributed by atoms with Crippen LogP contribution in [0.25, 0.3) is 10.9 Å². The molecule has 1 fully saturated rings. The minimum Gasteiger partial charge on any atom is -0.395 e. The molecule has 270 valence electrons. The van der Waals surface area contributed by atoms with E-state index in [0.717, 1.165) is 29.2 Å². The van der Waals surface area contributed by atoms with Crippen LogP contribution < -0.4 is 16.0 Å². The smallest absolute Gasteiger partial charge is 0.395 e. The van der Waals surface area contributed by atoms with Crippen LogP contribution in [-0.4, -0.2) is 60.4 Å². The van der Waals surface area contributed by atoms with E-state index in [1.54, 1.807) is 18.2 Å². The summed E-state index contributed by atoms with van der Waals surface area (Å²) in [4.78, 5) is 45.7. The van der Waals surface area contributed by atoms with Crippen molar-refractivity contribution in [2.75, 3.05) is 6.26 Å². The van der Waals surface area contributed by atoms with Gasteiger partial charge in [-0.3, -0.25) is 14.9 Å². The van der Waals surface area contributed by atoms with E-state index in [0.29, 0.717) is 24.8 Å². The number of sulfone groups is 1. The number of para-hydroxylation sites is 1. The van der Waals surface area contributed by atoms with E-state index < -0.39 is 50.5 Å². The van der Waals surface area contributed by atoms with E-state index in [2.05, 4.69) is 20.9 Å². The zero-order valence-corrected chi connectivity index (χ0v) is 30.4. The van der Waals surface area contributed by atoms with Gasteiger partial charge in [0.2, 0.25) is 5.91 Å². The van der Waals surface area contributed by atoms with Gasteiger partial charge in [0.05, 0.1) is 16.3 Å². The third kappa shape index (κ3) is 9.30. The van der Waals surface area contributed by atoms with Gasteiger partial charge in [-0.25, -0.2) is 18.2 Å². The van der Waals surface area contributed by atoms with Crippen molar-refractivity contribution in [3.8, 4) is 0 Å². The van der Waals surface area contributed by atoms with Gasteiger partial charge in [-0.1, -0.05) is 98.8 Å². The molecule has 0 radical (unpaired) electrons. The Morgan fingerprint density at radius 2 is 1.55 bits per heavy atom. The Balaban J connectivity index is 1.39. The third-order valence-corrected chi connectivity index (χ3v) is 11.4. The SMILES string of the molecule is CC(C)CC(NC(=O)OC1(NC(=O)[C@H](NC(=O)c2ccc3ccccc3n2)C(C)(C)S(C)(=O)=O)O[C@@H]1CCCc1ccccc1)c1ccccc1. The Morgan fingerprint density at radius 1 is 0.902 bits per heavy atom. The number of rotatable bonds is 15. The highest BCUT2D eigenvalue weighted by Gasteiger charge is 2.63. The van der Waals surface area contributed by atoms with Gasteiger partial charge in [0, 0.05) is 11.6 Å². The number of ether oxygens (including phenoxy) is 2. The molecule has 11 nitrogen and oxygen atoms in total. The van der Waals surface area contributed by atoms with E-state index in [9.17, 15) is 22.8 Å². The maximum absolute atomic E-state index is 14.2. The lowest BCUT2D eigenvalue weighted by molar-refractivity contribution is -0.131. The monoisotopic (exact) mass is 714 g/mol. The zero-order valence-electron chi connectivity index (χ0n) is 29.6. The van der Waals surface area contributed by atoms with Gasteiger partial charge in [-0.15, -0.1) is 0 Å². The number of benzene rings is 3. The summed E-state index contributed by atoms with van der Waals surface area (Å²) >= 11 is 0. The number of pyridine rings is 1. The summed E-state index contributed by atoms with van der Waals surface area (Å²) in [5.41, 5.74) is 2.56. The highest BCUT2D eigenvalue weighted by molar-refractivity contribution is 7.92. The predicted molar refractivity (Wildman–Crippen MR) is 195 cm³/mol. The second-order valence-electron chi connectivity index (χ2n) is 13.9. The molecule has 0 saturated carbocycles. The lowest BCUT2D eigenvalue weighted by atomic mass is 9.97. The molecule has 0 aliphatic carbocycles. The molecule has 1 aliphatic rings. The van der Waals surface area contributed by atoms with Crippen LogP contribution in [0, 0.1) is 5.92 Å². The molecule has 0 bridgehead atoms. The van der Waals surface area contributed by atoms with E-state index >= 15 is 0 Å². The van der Waals surface area contributed by atoms with Crippen LogP contribution in [0.4, 0.5) is 4.79 Å². The summed E-state index contributed by atoms with van der Waals surface area (Å²) < 4.78 is 36.2. The zero-order chi connectivity index (χ0) is 36.8. The largest absolute Gasteiger partial charge is 0.411 e. The highest BCUT2D eigenvalue weighted by atomic mass is 32.2. The minimum atomic E-state index is -3.94. The first-order valence-corrected chi connectivity index (χ1v) is 19.0. The fourth-order valence-electron chi connectivity index (χ4n) is 5.94. The molecule has 0 spiro atoms. The average molecular weight is 715 g/mol. The third-order valence-electron chi connectivity index (χ3n) is 9.22. The standard InChI is InChI=1S/C39H46N4O7S/c1-26(2)25-32(28-18-10-7-11-19-28)41-37(46)50-39(33(49-39)22-14-17-27-15-8-6-9-16-27)43-36(45)34(38(3,4)51(5,47)48)42-35(44)31-24-23-29-20-12-13-21-30(29)40-31/h6-13,15-16,18-21,23-24,26,32-34H,14,17,22,25H2,1-5H3,(H,41,46)(H,42,44)(H,43,45)/t32?,33-,34+,39?/m1/s1.